The minimum Gasteiger partial charge on any atom is -0.494 e. The van der Waals surface area contributed by atoms with Crippen molar-refractivity contribution in [2.75, 3.05) is 6.61 Å². The Kier molecular flexibility index (Phi) is 10.8. The van der Waals surface area contributed by atoms with Crippen LogP contribution >= 0.6 is 0 Å². The third-order valence-electron chi connectivity index (χ3n) is 6.98. The summed E-state index contributed by atoms with van der Waals surface area (Å²) in [4.78, 5) is 12.5. The number of unbranched alkanes of at least 4 members (excludes halogenated alkanes) is 2. The van der Waals surface area contributed by atoms with Crippen molar-refractivity contribution in [2.24, 2.45) is 11.8 Å². The molecule has 0 spiro atoms. The predicted octanol–water partition coefficient (Wildman–Crippen LogP) is 8.40. The molecule has 0 aliphatic heterocycles. The number of aryl methyl sites for hydroxylation is 1. The van der Waals surface area contributed by atoms with Crippen LogP contribution in [0.5, 0.6) is 11.5 Å². The SMILES string of the molecule is CCCCCc1ccc(OC(=O)c2ccc(OCCCC3CCC(CCC)CC3)cc2)cc1. The smallest absolute Gasteiger partial charge is 0.343 e. The number of hydrogen-bond donors (Lipinski definition) is 0. The Labute approximate surface area is 200 Å². The monoisotopic (exact) mass is 450 g/mol. The lowest BCUT2D eigenvalue weighted by molar-refractivity contribution is 0.0734. The highest BCUT2D eigenvalue weighted by molar-refractivity contribution is 5.91. The standard InChI is InChI=1S/C30H42O3/c1-3-5-6-9-25-15-19-29(20-16-25)33-30(31)27-17-21-28(22-18-27)32-23-7-10-26-13-11-24(8-4-2)12-14-26/h15-22,24,26H,3-14,23H2,1-2H3. The molecule has 2 aromatic carbocycles. The maximum Gasteiger partial charge on any atom is 0.343 e. The molecule has 0 saturated heterocycles. The molecule has 1 aliphatic rings. The van der Waals surface area contributed by atoms with Gasteiger partial charge in [0.1, 0.15) is 11.5 Å². The van der Waals surface area contributed by atoms with E-state index in [2.05, 4.69) is 13.8 Å². The summed E-state index contributed by atoms with van der Waals surface area (Å²) >= 11 is 0. The number of rotatable bonds is 13. The van der Waals surface area contributed by atoms with E-state index in [1.807, 2.05) is 36.4 Å². The number of benzene rings is 2. The number of esters is 1. The topological polar surface area (TPSA) is 35.5 Å². The molecule has 3 rings (SSSR count). The zero-order valence-electron chi connectivity index (χ0n) is 20.7. The number of carbonyl (C=O) groups is 1. The third kappa shape index (κ3) is 8.87. The van der Waals surface area contributed by atoms with Gasteiger partial charge in [-0.1, -0.05) is 77.3 Å². The van der Waals surface area contributed by atoms with Crippen LogP contribution in [0.1, 0.15) is 100 Å². The van der Waals surface area contributed by atoms with Crippen molar-refractivity contribution in [3.8, 4) is 11.5 Å². The van der Waals surface area contributed by atoms with E-state index in [9.17, 15) is 4.79 Å². The van der Waals surface area contributed by atoms with Crippen molar-refractivity contribution in [3.63, 3.8) is 0 Å². The zero-order chi connectivity index (χ0) is 23.3. The van der Waals surface area contributed by atoms with E-state index in [-0.39, 0.29) is 5.97 Å². The Balaban J connectivity index is 1.35. The van der Waals surface area contributed by atoms with Gasteiger partial charge in [-0.25, -0.2) is 4.79 Å². The number of hydrogen-bond acceptors (Lipinski definition) is 3. The largest absolute Gasteiger partial charge is 0.494 e. The van der Waals surface area contributed by atoms with Gasteiger partial charge in [0.05, 0.1) is 12.2 Å². The lowest BCUT2D eigenvalue weighted by atomic mass is 9.78. The van der Waals surface area contributed by atoms with Gasteiger partial charge < -0.3 is 9.47 Å². The van der Waals surface area contributed by atoms with E-state index in [1.165, 1.54) is 69.8 Å². The van der Waals surface area contributed by atoms with E-state index >= 15 is 0 Å². The molecular formula is C30H42O3. The van der Waals surface area contributed by atoms with Crippen LogP contribution in [-0.4, -0.2) is 12.6 Å². The van der Waals surface area contributed by atoms with Crippen LogP contribution in [0.3, 0.4) is 0 Å². The van der Waals surface area contributed by atoms with Crippen LogP contribution in [0.4, 0.5) is 0 Å². The lowest BCUT2D eigenvalue weighted by Crippen LogP contribution is -2.15. The van der Waals surface area contributed by atoms with E-state index in [1.54, 1.807) is 12.1 Å². The second kappa shape index (κ2) is 14.1. The van der Waals surface area contributed by atoms with Crippen molar-refractivity contribution in [3.05, 3.63) is 59.7 Å². The Bertz CT molecular complexity index is 801. The molecule has 0 unspecified atom stereocenters. The first kappa shape index (κ1) is 25.3. The molecule has 1 fully saturated rings. The Morgan fingerprint density at radius 1 is 0.758 bits per heavy atom. The van der Waals surface area contributed by atoms with E-state index in [0.29, 0.717) is 11.3 Å². The Morgan fingerprint density at radius 2 is 1.39 bits per heavy atom. The molecule has 1 saturated carbocycles. The highest BCUT2D eigenvalue weighted by Crippen LogP contribution is 2.33. The Morgan fingerprint density at radius 3 is 2.03 bits per heavy atom. The van der Waals surface area contributed by atoms with Crippen LogP contribution in [0, 0.1) is 11.8 Å². The van der Waals surface area contributed by atoms with Gasteiger partial charge in [-0.3, -0.25) is 0 Å². The molecule has 0 radical (unpaired) electrons. The summed E-state index contributed by atoms with van der Waals surface area (Å²) in [5, 5.41) is 0. The summed E-state index contributed by atoms with van der Waals surface area (Å²) in [7, 11) is 0. The van der Waals surface area contributed by atoms with Crippen molar-refractivity contribution < 1.29 is 14.3 Å². The molecule has 0 atom stereocenters. The van der Waals surface area contributed by atoms with Crippen LogP contribution in [0.25, 0.3) is 0 Å². The van der Waals surface area contributed by atoms with Gasteiger partial charge in [0, 0.05) is 0 Å². The summed E-state index contributed by atoms with van der Waals surface area (Å²) < 4.78 is 11.4. The van der Waals surface area contributed by atoms with Crippen molar-refractivity contribution in [1.29, 1.82) is 0 Å². The molecule has 180 valence electrons. The molecule has 0 aromatic heterocycles. The third-order valence-corrected chi connectivity index (χ3v) is 6.98. The first-order valence-corrected chi connectivity index (χ1v) is 13.2. The van der Waals surface area contributed by atoms with Crippen molar-refractivity contribution in [2.45, 2.75) is 90.9 Å². The second-order valence-electron chi connectivity index (χ2n) is 9.68. The minimum atomic E-state index is -0.334. The second-order valence-corrected chi connectivity index (χ2v) is 9.68. The predicted molar refractivity (Wildman–Crippen MR) is 136 cm³/mol. The molecule has 1 aliphatic carbocycles. The molecule has 3 nitrogen and oxygen atoms in total. The summed E-state index contributed by atoms with van der Waals surface area (Å²) in [6, 6.07) is 15.2. The normalized spacial score (nSPS) is 18.1. The fourth-order valence-corrected chi connectivity index (χ4v) is 4.94. The minimum absolute atomic E-state index is 0.334. The summed E-state index contributed by atoms with van der Waals surface area (Å²) in [6.07, 6.45) is 15.5. The molecule has 0 bridgehead atoms. The molecule has 33 heavy (non-hydrogen) atoms. The zero-order valence-corrected chi connectivity index (χ0v) is 20.7. The maximum absolute atomic E-state index is 12.5. The fraction of sp³-hybridized carbons (Fsp3) is 0.567. The molecular weight excluding hydrogens is 408 g/mol. The van der Waals surface area contributed by atoms with Gasteiger partial charge in [0.15, 0.2) is 0 Å². The van der Waals surface area contributed by atoms with Gasteiger partial charge in [-0.15, -0.1) is 0 Å². The number of carbonyl (C=O) groups excluding carboxylic acids is 1. The van der Waals surface area contributed by atoms with E-state index in [4.69, 9.17) is 9.47 Å². The van der Waals surface area contributed by atoms with Gasteiger partial charge in [0.25, 0.3) is 0 Å². The van der Waals surface area contributed by atoms with E-state index in [0.717, 1.165) is 37.0 Å². The first-order chi connectivity index (χ1) is 16.2. The van der Waals surface area contributed by atoms with Crippen molar-refractivity contribution in [1.82, 2.24) is 0 Å². The maximum atomic E-state index is 12.5. The Hall–Kier alpha value is -2.29. The van der Waals surface area contributed by atoms with Gasteiger partial charge in [-0.05, 0) is 79.5 Å². The first-order valence-electron chi connectivity index (χ1n) is 13.2. The summed E-state index contributed by atoms with van der Waals surface area (Å²) in [6.45, 7) is 5.25. The highest BCUT2D eigenvalue weighted by atomic mass is 16.5. The fourth-order valence-electron chi connectivity index (χ4n) is 4.94. The molecule has 2 aromatic rings. The average molecular weight is 451 g/mol. The number of ether oxygens (including phenoxy) is 2. The lowest BCUT2D eigenvalue weighted by Gasteiger charge is -2.28. The van der Waals surface area contributed by atoms with Gasteiger partial charge >= 0.3 is 5.97 Å². The van der Waals surface area contributed by atoms with Crippen LogP contribution in [0.15, 0.2) is 48.5 Å². The summed E-state index contributed by atoms with van der Waals surface area (Å²) in [5.74, 6) is 2.92. The van der Waals surface area contributed by atoms with Crippen LogP contribution < -0.4 is 9.47 Å². The van der Waals surface area contributed by atoms with Crippen molar-refractivity contribution >= 4 is 5.97 Å². The van der Waals surface area contributed by atoms with Gasteiger partial charge in [0.2, 0.25) is 0 Å². The average Bonchev–Trinajstić information content (AvgIpc) is 2.84. The summed E-state index contributed by atoms with van der Waals surface area (Å²) in [5.41, 5.74) is 1.83. The van der Waals surface area contributed by atoms with E-state index < -0.39 is 0 Å². The van der Waals surface area contributed by atoms with Gasteiger partial charge in [-0.2, -0.15) is 0 Å². The highest BCUT2D eigenvalue weighted by Gasteiger charge is 2.20. The van der Waals surface area contributed by atoms with Crippen LogP contribution in [0.2, 0.25) is 0 Å². The molecule has 3 heteroatoms. The molecule has 0 amide bonds. The quantitative estimate of drug-likeness (QED) is 0.175. The molecule has 0 heterocycles. The van der Waals surface area contributed by atoms with Crippen LogP contribution in [-0.2, 0) is 6.42 Å². The molecule has 0 N–H and O–H groups in total.